The Morgan fingerprint density at radius 3 is 2.29 bits per heavy atom. The fourth-order valence-electron chi connectivity index (χ4n) is 3.41. The molecular weight excluding hydrogens is 345 g/mol. The van der Waals surface area contributed by atoms with Gasteiger partial charge in [-0.2, -0.15) is 0 Å². The highest BCUT2D eigenvalue weighted by Crippen LogP contribution is 2.34. The van der Waals surface area contributed by atoms with Gasteiger partial charge in [0.15, 0.2) is 0 Å². The summed E-state index contributed by atoms with van der Waals surface area (Å²) < 4.78 is 0. The Labute approximate surface area is 151 Å². The summed E-state index contributed by atoms with van der Waals surface area (Å²) in [5.74, 6) is -0.364. The molecule has 1 fully saturated rings. The minimum absolute atomic E-state index is 0.389. The molecule has 1 atom stereocenters. The summed E-state index contributed by atoms with van der Waals surface area (Å²) in [7, 11) is 0. The van der Waals surface area contributed by atoms with Gasteiger partial charge in [-0.25, -0.2) is 0 Å². The number of hydrogen-bond donors (Lipinski definition) is 1. The average molecular weight is 364 g/mol. The zero-order chi connectivity index (χ0) is 17.1. The number of carboxylic acids is 1. The normalized spacial score (nSPS) is 17.6. The van der Waals surface area contributed by atoms with E-state index < -0.39 is 12.0 Å². The lowest BCUT2D eigenvalue weighted by Crippen LogP contribution is -2.39. The molecule has 126 valence electrons. The van der Waals surface area contributed by atoms with E-state index in [1.165, 1.54) is 5.56 Å². The van der Waals surface area contributed by atoms with Crippen molar-refractivity contribution in [1.82, 2.24) is 4.90 Å². The quantitative estimate of drug-likeness (QED) is 0.830. The SMILES string of the molecule is O=C(O)C(c1ccc(Cl)c(Cl)c1)N1CCC(c2ccccc2)CC1. The van der Waals surface area contributed by atoms with Crippen molar-refractivity contribution < 1.29 is 9.90 Å². The van der Waals surface area contributed by atoms with Crippen LogP contribution in [-0.4, -0.2) is 29.1 Å². The van der Waals surface area contributed by atoms with Gasteiger partial charge >= 0.3 is 5.97 Å². The molecule has 0 radical (unpaired) electrons. The number of benzene rings is 2. The maximum atomic E-state index is 11.8. The Hall–Kier alpha value is -1.55. The number of halogens is 2. The second kappa shape index (κ2) is 7.56. The van der Waals surface area contributed by atoms with Crippen LogP contribution in [0, 0.1) is 0 Å². The number of carbonyl (C=O) groups is 1. The first kappa shape index (κ1) is 17.3. The van der Waals surface area contributed by atoms with Gasteiger partial charge in [0.25, 0.3) is 0 Å². The Morgan fingerprint density at radius 1 is 1.04 bits per heavy atom. The average Bonchev–Trinajstić information content (AvgIpc) is 2.59. The minimum atomic E-state index is -0.855. The van der Waals surface area contributed by atoms with Crippen LogP contribution in [0.15, 0.2) is 48.5 Å². The van der Waals surface area contributed by atoms with Crippen molar-refractivity contribution in [2.45, 2.75) is 24.8 Å². The zero-order valence-electron chi connectivity index (χ0n) is 13.2. The summed E-state index contributed by atoms with van der Waals surface area (Å²) in [5, 5.41) is 10.5. The lowest BCUT2D eigenvalue weighted by molar-refractivity contribution is -0.144. The summed E-state index contributed by atoms with van der Waals surface area (Å²) in [4.78, 5) is 13.8. The van der Waals surface area contributed by atoms with E-state index in [4.69, 9.17) is 23.2 Å². The fourth-order valence-corrected chi connectivity index (χ4v) is 3.71. The van der Waals surface area contributed by atoms with Gasteiger partial charge in [-0.15, -0.1) is 0 Å². The molecule has 0 spiro atoms. The van der Waals surface area contributed by atoms with Gasteiger partial charge in [0.2, 0.25) is 0 Å². The lowest BCUT2D eigenvalue weighted by atomic mass is 9.88. The molecule has 2 aromatic carbocycles. The lowest BCUT2D eigenvalue weighted by Gasteiger charge is -2.36. The first-order valence-corrected chi connectivity index (χ1v) is 8.78. The van der Waals surface area contributed by atoms with E-state index in [0.29, 0.717) is 21.5 Å². The zero-order valence-corrected chi connectivity index (χ0v) is 14.7. The van der Waals surface area contributed by atoms with Crippen LogP contribution in [0.1, 0.15) is 35.9 Å². The van der Waals surface area contributed by atoms with E-state index in [2.05, 4.69) is 24.3 Å². The van der Waals surface area contributed by atoms with E-state index in [9.17, 15) is 9.90 Å². The molecule has 24 heavy (non-hydrogen) atoms. The number of nitrogens with zero attached hydrogens (tertiary/aromatic N) is 1. The first-order valence-electron chi connectivity index (χ1n) is 8.03. The van der Waals surface area contributed by atoms with Crippen molar-refractivity contribution in [2.24, 2.45) is 0 Å². The standard InChI is InChI=1S/C19H19Cl2NO2/c20-16-7-6-15(12-17(16)21)18(19(23)24)22-10-8-14(9-11-22)13-4-2-1-3-5-13/h1-7,12,14,18H,8-11H2,(H,23,24). The van der Waals surface area contributed by atoms with Crippen molar-refractivity contribution in [3.63, 3.8) is 0 Å². The summed E-state index contributed by atoms with van der Waals surface area (Å²) in [6.07, 6.45) is 1.91. The molecule has 0 aromatic heterocycles. The molecule has 3 nitrogen and oxygen atoms in total. The molecule has 0 amide bonds. The van der Waals surface area contributed by atoms with Gasteiger partial charge in [0.1, 0.15) is 6.04 Å². The van der Waals surface area contributed by atoms with Crippen LogP contribution in [0.3, 0.4) is 0 Å². The molecule has 1 heterocycles. The molecule has 2 aromatic rings. The monoisotopic (exact) mass is 363 g/mol. The van der Waals surface area contributed by atoms with Crippen molar-refractivity contribution in [2.75, 3.05) is 13.1 Å². The molecule has 1 N–H and O–H groups in total. The van der Waals surface area contributed by atoms with Crippen LogP contribution in [0.25, 0.3) is 0 Å². The first-order chi connectivity index (χ1) is 11.6. The van der Waals surface area contributed by atoms with Crippen molar-refractivity contribution in [1.29, 1.82) is 0 Å². The summed E-state index contributed by atoms with van der Waals surface area (Å²) in [6.45, 7) is 1.49. The number of rotatable bonds is 4. The highest BCUT2D eigenvalue weighted by molar-refractivity contribution is 6.42. The second-order valence-electron chi connectivity index (χ2n) is 6.14. The smallest absolute Gasteiger partial charge is 0.325 e. The molecule has 0 bridgehead atoms. The number of likely N-dealkylation sites (tertiary alicyclic amines) is 1. The third kappa shape index (κ3) is 3.75. The van der Waals surface area contributed by atoms with Crippen LogP contribution < -0.4 is 0 Å². The van der Waals surface area contributed by atoms with E-state index in [1.54, 1.807) is 18.2 Å². The number of piperidine rings is 1. The van der Waals surface area contributed by atoms with Crippen LogP contribution in [-0.2, 0) is 4.79 Å². The van der Waals surface area contributed by atoms with E-state index in [0.717, 1.165) is 25.9 Å². The van der Waals surface area contributed by atoms with Crippen LogP contribution in [0.5, 0.6) is 0 Å². The van der Waals surface area contributed by atoms with Crippen molar-refractivity contribution >= 4 is 29.2 Å². The van der Waals surface area contributed by atoms with Gasteiger partial charge in [-0.1, -0.05) is 59.6 Å². The largest absolute Gasteiger partial charge is 0.480 e. The van der Waals surface area contributed by atoms with Gasteiger partial charge < -0.3 is 5.11 Å². The molecule has 0 saturated carbocycles. The highest BCUT2D eigenvalue weighted by Gasteiger charge is 2.31. The predicted molar refractivity (Wildman–Crippen MR) is 96.8 cm³/mol. The minimum Gasteiger partial charge on any atom is -0.480 e. The summed E-state index contributed by atoms with van der Waals surface area (Å²) in [6, 6.07) is 14.8. The predicted octanol–water partition coefficient (Wildman–Crippen LogP) is 5.00. The summed E-state index contributed by atoms with van der Waals surface area (Å²) >= 11 is 12.0. The third-order valence-corrected chi connectivity index (χ3v) is 5.40. The van der Waals surface area contributed by atoms with Crippen molar-refractivity contribution in [3.05, 3.63) is 69.7 Å². The van der Waals surface area contributed by atoms with Crippen molar-refractivity contribution in [3.8, 4) is 0 Å². The molecule has 1 unspecified atom stereocenters. The highest BCUT2D eigenvalue weighted by atomic mass is 35.5. The van der Waals surface area contributed by atoms with E-state index >= 15 is 0 Å². The molecule has 0 aliphatic carbocycles. The topological polar surface area (TPSA) is 40.5 Å². The second-order valence-corrected chi connectivity index (χ2v) is 6.95. The Morgan fingerprint density at radius 2 is 1.71 bits per heavy atom. The third-order valence-electron chi connectivity index (χ3n) is 4.66. The molecular formula is C19H19Cl2NO2. The maximum absolute atomic E-state index is 11.8. The molecule has 5 heteroatoms. The Kier molecular flexibility index (Phi) is 5.44. The fraction of sp³-hybridized carbons (Fsp3) is 0.316. The van der Waals surface area contributed by atoms with Crippen LogP contribution in [0.4, 0.5) is 0 Å². The molecule has 1 aliphatic heterocycles. The van der Waals surface area contributed by atoms with Gasteiger partial charge in [-0.05, 0) is 55.1 Å². The molecule has 1 saturated heterocycles. The van der Waals surface area contributed by atoms with Crippen LogP contribution in [0.2, 0.25) is 10.0 Å². The number of hydrogen-bond acceptors (Lipinski definition) is 2. The van der Waals surface area contributed by atoms with E-state index in [-0.39, 0.29) is 0 Å². The summed E-state index contributed by atoms with van der Waals surface area (Å²) in [5.41, 5.74) is 2.01. The van der Waals surface area contributed by atoms with E-state index in [1.807, 2.05) is 11.0 Å². The molecule has 1 aliphatic rings. The number of carboxylic acid groups (broad SMARTS) is 1. The number of aliphatic carboxylic acids is 1. The Balaban J connectivity index is 1.74. The van der Waals surface area contributed by atoms with Crippen LogP contribution >= 0.6 is 23.2 Å². The van der Waals surface area contributed by atoms with Gasteiger partial charge in [-0.3, -0.25) is 9.69 Å². The maximum Gasteiger partial charge on any atom is 0.325 e. The Bertz CT molecular complexity index is 713. The molecule has 3 rings (SSSR count). The van der Waals surface area contributed by atoms with Gasteiger partial charge in [0, 0.05) is 0 Å². The van der Waals surface area contributed by atoms with Gasteiger partial charge in [0.05, 0.1) is 10.0 Å².